The normalized spacial score (nSPS) is 11.3. The molecule has 0 bridgehead atoms. The molecule has 110 valence electrons. The summed E-state index contributed by atoms with van der Waals surface area (Å²) in [6, 6.07) is 27.0. The van der Waals surface area contributed by atoms with E-state index >= 15 is 0 Å². The molecule has 3 rings (SSSR count). The molecule has 3 aromatic carbocycles. The fourth-order valence-electron chi connectivity index (χ4n) is 2.62. The van der Waals surface area contributed by atoms with Crippen LogP contribution in [0.3, 0.4) is 0 Å². The highest BCUT2D eigenvalue weighted by atomic mass is 31.2. The van der Waals surface area contributed by atoms with E-state index in [4.69, 9.17) is 5.73 Å². The van der Waals surface area contributed by atoms with Crippen molar-refractivity contribution in [2.75, 3.05) is 5.73 Å². The molecule has 0 amide bonds. The minimum Gasteiger partial charge on any atom is -0.399 e. The third-order valence-corrected chi connectivity index (χ3v) is 6.78. The second-order valence-corrected chi connectivity index (χ2v) is 8.14. The Morgan fingerprint density at radius 2 is 1.27 bits per heavy atom. The Labute approximate surface area is 131 Å². The topological polar surface area (TPSA) is 43.1 Å². The first-order valence-electron chi connectivity index (χ1n) is 7.23. The molecule has 3 aromatic rings. The first-order chi connectivity index (χ1) is 10.7. The van der Waals surface area contributed by atoms with Crippen LogP contribution < -0.4 is 16.3 Å². The second kappa shape index (κ2) is 6.21. The van der Waals surface area contributed by atoms with Crippen LogP contribution in [-0.2, 0) is 10.7 Å². The number of benzene rings is 3. The van der Waals surface area contributed by atoms with E-state index in [1.807, 2.05) is 84.9 Å². The number of hydrogen-bond donors (Lipinski definition) is 1. The van der Waals surface area contributed by atoms with Gasteiger partial charge in [0.1, 0.15) is 7.14 Å². The second-order valence-electron chi connectivity index (χ2n) is 5.31. The van der Waals surface area contributed by atoms with Crippen LogP contribution in [0.25, 0.3) is 0 Å². The molecule has 0 unspecified atom stereocenters. The lowest BCUT2D eigenvalue weighted by atomic mass is 10.2. The van der Waals surface area contributed by atoms with Gasteiger partial charge in [-0.2, -0.15) is 0 Å². The van der Waals surface area contributed by atoms with Gasteiger partial charge in [0.05, 0.1) is 0 Å². The van der Waals surface area contributed by atoms with E-state index in [0.29, 0.717) is 11.8 Å². The van der Waals surface area contributed by atoms with Crippen molar-refractivity contribution in [3.8, 4) is 0 Å². The highest BCUT2D eigenvalue weighted by Gasteiger charge is 2.27. The van der Waals surface area contributed by atoms with Crippen LogP contribution in [0.4, 0.5) is 5.69 Å². The van der Waals surface area contributed by atoms with Gasteiger partial charge >= 0.3 is 0 Å². The number of nitrogen functional groups attached to an aromatic ring is 1. The molecular weight excluding hydrogens is 289 g/mol. The van der Waals surface area contributed by atoms with Crippen molar-refractivity contribution in [3.05, 3.63) is 90.5 Å². The molecule has 0 aromatic heterocycles. The van der Waals surface area contributed by atoms with Crippen molar-refractivity contribution >= 4 is 23.4 Å². The van der Waals surface area contributed by atoms with Gasteiger partial charge in [-0.1, -0.05) is 72.8 Å². The Morgan fingerprint density at radius 1 is 0.727 bits per heavy atom. The molecule has 0 saturated heterocycles. The van der Waals surface area contributed by atoms with Crippen molar-refractivity contribution in [1.29, 1.82) is 0 Å². The predicted octanol–water partition coefficient (Wildman–Crippen LogP) is 3.78. The molecule has 0 spiro atoms. The summed E-state index contributed by atoms with van der Waals surface area (Å²) in [7, 11) is -2.72. The Balaban J connectivity index is 2.10. The lowest BCUT2D eigenvalue weighted by molar-refractivity contribution is 0.586. The van der Waals surface area contributed by atoms with Crippen LogP contribution in [0.1, 0.15) is 5.56 Å². The lowest BCUT2D eigenvalue weighted by Gasteiger charge is -2.19. The molecule has 0 fully saturated rings. The van der Waals surface area contributed by atoms with Crippen LogP contribution >= 0.6 is 7.14 Å². The van der Waals surface area contributed by atoms with Crippen molar-refractivity contribution in [1.82, 2.24) is 0 Å². The molecule has 0 aliphatic rings. The number of hydrogen-bond acceptors (Lipinski definition) is 2. The van der Waals surface area contributed by atoms with Gasteiger partial charge in [-0.15, -0.1) is 0 Å². The largest absolute Gasteiger partial charge is 0.399 e. The Hall–Kier alpha value is -2.31. The SMILES string of the molecule is Nc1cccc(CP(=O)(c2ccccc2)c2ccccc2)c1. The van der Waals surface area contributed by atoms with Crippen molar-refractivity contribution in [3.63, 3.8) is 0 Å². The van der Waals surface area contributed by atoms with Crippen molar-refractivity contribution in [2.45, 2.75) is 6.16 Å². The number of nitrogens with two attached hydrogens (primary N) is 1. The molecule has 22 heavy (non-hydrogen) atoms. The zero-order valence-electron chi connectivity index (χ0n) is 12.2. The minimum absolute atomic E-state index is 0.478. The van der Waals surface area contributed by atoms with E-state index in [9.17, 15) is 4.57 Å². The van der Waals surface area contributed by atoms with Gasteiger partial charge in [0, 0.05) is 22.5 Å². The molecule has 0 heterocycles. The van der Waals surface area contributed by atoms with Crippen molar-refractivity contribution < 1.29 is 4.57 Å². The summed E-state index contributed by atoms with van der Waals surface area (Å²) in [5.74, 6) is 0. The quantitative estimate of drug-likeness (QED) is 0.589. The smallest absolute Gasteiger partial charge is 0.147 e. The van der Waals surface area contributed by atoms with Crippen LogP contribution in [0.5, 0.6) is 0 Å². The van der Waals surface area contributed by atoms with Gasteiger partial charge in [0.15, 0.2) is 0 Å². The summed E-state index contributed by atoms with van der Waals surface area (Å²) in [6.07, 6.45) is 0.478. The van der Waals surface area contributed by atoms with Crippen LogP contribution in [0.15, 0.2) is 84.9 Å². The van der Waals surface area contributed by atoms with Gasteiger partial charge < -0.3 is 10.3 Å². The third-order valence-electron chi connectivity index (χ3n) is 3.70. The minimum atomic E-state index is -2.72. The standard InChI is InChI=1S/C19H18NOP/c20-17-9-7-8-16(14-17)15-22(21,18-10-3-1-4-11-18)19-12-5-2-6-13-19/h1-14H,15,20H2. The fraction of sp³-hybridized carbons (Fsp3) is 0.0526. The zero-order chi connectivity index (χ0) is 15.4. The highest BCUT2D eigenvalue weighted by molar-refractivity contribution is 7.78. The third kappa shape index (κ3) is 2.98. The molecule has 0 saturated carbocycles. The number of rotatable bonds is 4. The summed E-state index contributed by atoms with van der Waals surface area (Å²) in [5, 5.41) is 1.76. The number of anilines is 1. The predicted molar refractivity (Wildman–Crippen MR) is 94.3 cm³/mol. The van der Waals surface area contributed by atoms with Gasteiger partial charge in [0.25, 0.3) is 0 Å². The zero-order valence-corrected chi connectivity index (χ0v) is 13.1. The first kappa shape index (κ1) is 14.6. The Morgan fingerprint density at radius 3 is 1.77 bits per heavy atom. The monoisotopic (exact) mass is 307 g/mol. The maximum absolute atomic E-state index is 13.9. The van der Waals surface area contributed by atoms with E-state index in [1.54, 1.807) is 0 Å². The molecule has 2 nitrogen and oxygen atoms in total. The highest BCUT2D eigenvalue weighted by Crippen LogP contribution is 2.46. The van der Waals surface area contributed by atoms with E-state index in [2.05, 4.69) is 0 Å². The van der Waals surface area contributed by atoms with Gasteiger partial charge in [-0.05, 0) is 17.7 Å². The molecule has 3 heteroatoms. The van der Waals surface area contributed by atoms with E-state index < -0.39 is 7.14 Å². The maximum Gasteiger partial charge on any atom is 0.147 e. The van der Waals surface area contributed by atoms with E-state index in [0.717, 1.165) is 16.2 Å². The summed E-state index contributed by atoms with van der Waals surface area (Å²) in [6.45, 7) is 0. The lowest BCUT2D eigenvalue weighted by Crippen LogP contribution is -2.17. The Bertz CT molecular complexity index is 756. The van der Waals surface area contributed by atoms with Gasteiger partial charge in [-0.25, -0.2) is 0 Å². The van der Waals surface area contributed by atoms with Crippen molar-refractivity contribution in [2.24, 2.45) is 0 Å². The van der Waals surface area contributed by atoms with Crippen LogP contribution in [0.2, 0.25) is 0 Å². The van der Waals surface area contributed by atoms with E-state index in [1.165, 1.54) is 0 Å². The molecule has 0 radical (unpaired) electrons. The molecule has 0 aliphatic carbocycles. The summed E-state index contributed by atoms with van der Waals surface area (Å²) < 4.78 is 13.9. The first-order valence-corrected chi connectivity index (χ1v) is 9.12. The summed E-state index contributed by atoms with van der Waals surface area (Å²) in [4.78, 5) is 0. The van der Waals surface area contributed by atoms with Crippen LogP contribution in [-0.4, -0.2) is 0 Å². The molecular formula is C19H18NOP. The van der Waals surface area contributed by atoms with Gasteiger partial charge in [0.2, 0.25) is 0 Å². The molecule has 0 aliphatic heterocycles. The Kier molecular flexibility index (Phi) is 4.13. The maximum atomic E-state index is 13.9. The average molecular weight is 307 g/mol. The van der Waals surface area contributed by atoms with E-state index in [-0.39, 0.29) is 0 Å². The molecule has 2 N–H and O–H groups in total. The van der Waals surface area contributed by atoms with Gasteiger partial charge in [-0.3, -0.25) is 0 Å². The fourth-order valence-corrected chi connectivity index (χ4v) is 5.30. The average Bonchev–Trinajstić information content (AvgIpc) is 2.56. The summed E-state index contributed by atoms with van der Waals surface area (Å²) >= 11 is 0. The molecule has 0 atom stereocenters. The van der Waals surface area contributed by atoms with Crippen LogP contribution in [0, 0.1) is 0 Å². The summed E-state index contributed by atoms with van der Waals surface area (Å²) in [5.41, 5.74) is 7.56.